The van der Waals surface area contributed by atoms with Gasteiger partial charge in [-0.3, -0.25) is 0 Å². The molecule has 0 bridgehead atoms. The Hall–Kier alpha value is -2.55. The van der Waals surface area contributed by atoms with Crippen LogP contribution in [0.15, 0.2) is 60.9 Å². The van der Waals surface area contributed by atoms with Crippen LogP contribution in [-0.2, 0) is 13.0 Å². The lowest BCUT2D eigenvalue weighted by molar-refractivity contribution is 0.808. The minimum atomic E-state index is 0.711. The summed E-state index contributed by atoms with van der Waals surface area (Å²) in [6, 6.07) is 18.7. The third kappa shape index (κ3) is 2.82. The third-order valence-electron chi connectivity index (χ3n) is 3.71. The fourth-order valence-corrected chi connectivity index (χ4v) is 2.42. The molecule has 0 atom stereocenters. The van der Waals surface area contributed by atoms with Crippen molar-refractivity contribution in [2.75, 3.05) is 5.73 Å². The van der Waals surface area contributed by atoms with E-state index in [1.165, 1.54) is 11.1 Å². The Morgan fingerprint density at radius 1 is 0.952 bits per heavy atom. The smallest absolute Gasteiger partial charge is 0.131 e. The highest BCUT2D eigenvalue weighted by molar-refractivity contribution is 5.70. The molecule has 3 rings (SSSR count). The first-order valence-corrected chi connectivity index (χ1v) is 7.21. The van der Waals surface area contributed by atoms with Gasteiger partial charge in [0.15, 0.2) is 0 Å². The topological polar surface area (TPSA) is 43.8 Å². The molecule has 0 aliphatic heterocycles. The highest BCUT2D eigenvalue weighted by Gasteiger charge is 2.10. The largest absolute Gasteiger partial charge is 0.383 e. The molecule has 3 heteroatoms. The van der Waals surface area contributed by atoms with Crippen LogP contribution in [0.3, 0.4) is 0 Å². The molecule has 3 nitrogen and oxygen atoms in total. The number of aromatic nitrogens is 2. The van der Waals surface area contributed by atoms with Crippen LogP contribution in [0.5, 0.6) is 0 Å². The van der Waals surface area contributed by atoms with Gasteiger partial charge in [-0.2, -0.15) is 0 Å². The second-order valence-corrected chi connectivity index (χ2v) is 5.14. The van der Waals surface area contributed by atoms with E-state index in [9.17, 15) is 0 Å². The van der Waals surface area contributed by atoms with Crippen LogP contribution in [-0.4, -0.2) is 9.55 Å². The number of anilines is 1. The van der Waals surface area contributed by atoms with Crippen LogP contribution in [0.1, 0.15) is 18.1 Å². The van der Waals surface area contributed by atoms with Gasteiger partial charge < -0.3 is 10.3 Å². The second-order valence-electron chi connectivity index (χ2n) is 5.14. The van der Waals surface area contributed by atoms with Crippen molar-refractivity contribution in [1.29, 1.82) is 0 Å². The Morgan fingerprint density at radius 3 is 2.33 bits per heavy atom. The van der Waals surface area contributed by atoms with Crippen LogP contribution in [0.4, 0.5) is 5.82 Å². The van der Waals surface area contributed by atoms with E-state index in [1.54, 1.807) is 0 Å². The fourth-order valence-electron chi connectivity index (χ4n) is 2.42. The van der Waals surface area contributed by atoms with Crippen molar-refractivity contribution in [3.63, 3.8) is 0 Å². The molecule has 0 fully saturated rings. The van der Waals surface area contributed by atoms with Gasteiger partial charge in [0.2, 0.25) is 0 Å². The Morgan fingerprint density at radius 2 is 1.67 bits per heavy atom. The molecule has 3 aromatic rings. The summed E-state index contributed by atoms with van der Waals surface area (Å²) >= 11 is 0. The van der Waals surface area contributed by atoms with Gasteiger partial charge in [-0.1, -0.05) is 61.5 Å². The van der Waals surface area contributed by atoms with Gasteiger partial charge in [-0.25, -0.2) is 4.98 Å². The fraction of sp³-hybridized carbons (Fsp3) is 0.167. The summed E-state index contributed by atoms with van der Waals surface area (Å²) in [7, 11) is 0. The molecule has 0 aliphatic rings. The summed E-state index contributed by atoms with van der Waals surface area (Å²) in [4.78, 5) is 4.48. The van der Waals surface area contributed by atoms with E-state index in [4.69, 9.17) is 5.73 Å². The molecule has 0 spiro atoms. The average molecular weight is 277 g/mol. The minimum absolute atomic E-state index is 0.711. The molecule has 1 heterocycles. The van der Waals surface area contributed by atoms with E-state index < -0.39 is 0 Å². The van der Waals surface area contributed by atoms with E-state index in [2.05, 4.69) is 48.3 Å². The SMILES string of the molecule is CCc1ccc(-c2ncn(Cc3ccccc3)c2N)cc1. The van der Waals surface area contributed by atoms with E-state index in [1.807, 2.05) is 29.1 Å². The molecule has 0 amide bonds. The van der Waals surface area contributed by atoms with E-state index in [0.717, 1.165) is 24.2 Å². The first kappa shape index (κ1) is 13.4. The Labute approximate surface area is 125 Å². The molecule has 0 radical (unpaired) electrons. The highest BCUT2D eigenvalue weighted by atomic mass is 15.1. The average Bonchev–Trinajstić information content (AvgIpc) is 2.89. The quantitative estimate of drug-likeness (QED) is 0.789. The van der Waals surface area contributed by atoms with E-state index in [0.29, 0.717) is 5.82 Å². The molecule has 106 valence electrons. The van der Waals surface area contributed by atoms with Gasteiger partial charge >= 0.3 is 0 Å². The van der Waals surface area contributed by atoms with Crippen LogP contribution < -0.4 is 5.73 Å². The van der Waals surface area contributed by atoms with Crippen LogP contribution in [0, 0.1) is 0 Å². The van der Waals surface area contributed by atoms with Gasteiger partial charge in [0.1, 0.15) is 11.5 Å². The number of hydrogen-bond donors (Lipinski definition) is 1. The Balaban J connectivity index is 1.88. The zero-order valence-electron chi connectivity index (χ0n) is 12.2. The van der Waals surface area contributed by atoms with Gasteiger partial charge in [0.05, 0.1) is 12.9 Å². The van der Waals surface area contributed by atoms with Crippen molar-refractivity contribution in [3.05, 3.63) is 72.1 Å². The zero-order chi connectivity index (χ0) is 14.7. The molecule has 1 aromatic heterocycles. The van der Waals surface area contributed by atoms with Crippen LogP contribution in [0.2, 0.25) is 0 Å². The van der Waals surface area contributed by atoms with Crippen LogP contribution in [0.25, 0.3) is 11.3 Å². The van der Waals surface area contributed by atoms with Gasteiger partial charge in [0, 0.05) is 5.56 Å². The van der Waals surface area contributed by atoms with Crippen LogP contribution >= 0.6 is 0 Å². The number of imidazole rings is 1. The molecule has 0 aliphatic carbocycles. The first-order valence-electron chi connectivity index (χ1n) is 7.21. The maximum atomic E-state index is 6.25. The maximum absolute atomic E-state index is 6.25. The van der Waals surface area contributed by atoms with E-state index in [-0.39, 0.29) is 0 Å². The summed E-state index contributed by atoms with van der Waals surface area (Å²) in [6.07, 6.45) is 2.85. The summed E-state index contributed by atoms with van der Waals surface area (Å²) in [5, 5.41) is 0. The third-order valence-corrected chi connectivity index (χ3v) is 3.71. The van der Waals surface area contributed by atoms with Gasteiger partial charge in [0.25, 0.3) is 0 Å². The lowest BCUT2D eigenvalue weighted by Crippen LogP contribution is -2.03. The highest BCUT2D eigenvalue weighted by Crippen LogP contribution is 2.25. The number of nitrogens with two attached hydrogens (primary N) is 1. The van der Waals surface area contributed by atoms with Crippen molar-refractivity contribution < 1.29 is 0 Å². The van der Waals surface area contributed by atoms with Crippen molar-refractivity contribution in [2.24, 2.45) is 0 Å². The molecular weight excluding hydrogens is 258 g/mol. The standard InChI is InChI=1S/C18H19N3/c1-2-14-8-10-16(11-9-14)17-18(19)21(13-20-17)12-15-6-4-3-5-7-15/h3-11,13H,2,12,19H2,1H3. The Kier molecular flexibility index (Phi) is 3.73. The molecular formula is C18H19N3. The van der Waals surface area contributed by atoms with Crippen molar-refractivity contribution in [2.45, 2.75) is 19.9 Å². The predicted octanol–water partition coefficient (Wildman–Crippen LogP) is 3.74. The Bertz CT molecular complexity index is 712. The van der Waals surface area contributed by atoms with Crippen molar-refractivity contribution >= 4 is 5.82 Å². The number of hydrogen-bond acceptors (Lipinski definition) is 2. The molecule has 2 aromatic carbocycles. The lowest BCUT2D eigenvalue weighted by atomic mass is 10.1. The number of nitrogen functional groups attached to an aromatic ring is 1. The maximum Gasteiger partial charge on any atom is 0.131 e. The number of aryl methyl sites for hydroxylation is 1. The summed E-state index contributed by atoms with van der Waals surface area (Å²) in [5.41, 5.74) is 10.7. The monoisotopic (exact) mass is 277 g/mol. The minimum Gasteiger partial charge on any atom is -0.383 e. The normalized spacial score (nSPS) is 10.7. The molecule has 0 saturated carbocycles. The molecule has 0 unspecified atom stereocenters. The first-order chi connectivity index (χ1) is 10.3. The zero-order valence-corrected chi connectivity index (χ0v) is 12.2. The van der Waals surface area contributed by atoms with Gasteiger partial charge in [-0.05, 0) is 17.5 Å². The number of nitrogens with zero attached hydrogens (tertiary/aromatic N) is 2. The lowest BCUT2D eigenvalue weighted by Gasteiger charge is -2.06. The van der Waals surface area contributed by atoms with E-state index >= 15 is 0 Å². The summed E-state index contributed by atoms with van der Waals surface area (Å²) < 4.78 is 1.98. The molecule has 0 saturated heterocycles. The van der Waals surface area contributed by atoms with Gasteiger partial charge in [-0.15, -0.1) is 0 Å². The predicted molar refractivity (Wildman–Crippen MR) is 87.0 cm³/mol. The van der Waals surface area contributed by atoms with Crippen molar-refractivity contribution in [3.8, 4) is 11.3 Å². The number of benzene rings is 2. The molecule has 2 N–H and O–H groups in total. The summed E-state index contributed by atoms with van der Waals surface area (Å²) in [6.45, 7) is 2.89. The summed E-state index contributed by atoms with van der Waals surface area (Å²) in [5.74, 6) is 0.711. The second kappa shape index (κ2) is 5.83. The molecule has 21 heavy (non-hydrogen) atoms. The number of rotatable bonds is 4. The van der Waals surface area contributed by atoms with Crippen molar-refractivity contribution in [1.82, 2.24) is 9.55 Å².